The number of hydrogen-bond acceptors (Lipinski definition) is 6. The molecule has 0 radical (unpaired) electrons. The summed E-state index contributed by atoms with van der Waals surface area (Å²) in [5.74, 6) is 0.218. The highest BCUT2D eigenvalue weighted by Gasteiger charge is 2.09. The van der Waals surface area contributed by atoms with Crippen molar-refractivity contribution in [2.75, 3.05) is 17.3 Å². The Kier molecular flexibility index (Phi) is 5.71. The first kappa shape index (κ1) is 15.6. The van der Waals surface area contributed by atoms with Gasteiger partial charge in [-0.1, -0.05) is 52.5 Å². The van der Waals surface area contributed by atoms with E-state index in [9.17, 15) is 4.79 Å². The number of thioether (sulfide) groups is 2. The molecule has 8 heteroatoms. The normalized spacial score (nSPS) is 10.6. The number of anilines is 1. The van der Waals surface area contributed by atoms with Crippen molar-refractivity contribution in [2.45, 2.75) is 15.6 Å². The molecule has 0 spiro atoms. The molecule has 0 unspecified atom stereocenters. The summed E-state index contributed by atoms with van der Waals surface area (Å²) in [7, 11) is 0. The van der Waals surface area contributed by atoms with Crippen molar-refractivity contribution >= 4 is 58.1 Å². The van der Waals surface area contributed by atoms with Crippen molar-refractivity contribution in [1.82, 2.24) is 10.2 Å². The van der Waals surface area contributed by atoms with E-state index in [1.165, 1.54) is 23.1 Å². The van der Waals surface area contributed by atoms with Gasteiger partial charge in [0, 0.05) is 10.7 Å². The van der Waals surface area contributed by atoms with Gasteiger partial charge in [-0.3, -0.25) is 4.79 Å². The molecule has 1 aromatic heterocycles. The number of hydrogen-bond donors (Lipinski definition) is 1. The number of rotatable bonds is 5. The number of nitrogens with zero attached hydrogens (tertiary/aromatic N) is 2. The van der Waals surface area contributed by atoms with Crippen LogP contribution in [0.3, 0.4) is 0 Å². The third-order valence-electron chi connectivity index (χ3n) is 2.36. The molecule has 2 aromatic rings. The van der Waals surface area contributed by atoms with E-state index in [4.69, 9.17) is 11.6 Å². The average molecular weight is 346 g/mol. The van der Waals surface area contributed by atoms with Crippen molar-refractivity contribution < 1.29 is 4.79 Å². The first-order valence-electron chi connectivity index (χ1n) is 5.65. The van der Waals surface area contributed by atoms with Gasteiger partial charge in [-0.2, -0.15) is 0 Å². The zero-order chi connectivity index (χ0) is 14.5. The van der Waals surface area contributed by atoms with Crippen LogP contribution in [-0.4, -0.2) is 28.1 Å². The van der Waals surface area contributed by atoms with Crippen LogP contribution in [0.1, 0.15) is 5.56 Å². The maximum Gasteiger partial charge on any atom is 0.234 e. The van der Waals surface area contributed by atoms with Crippen LogP contribution < -0.4 is 5.32 Å². The Hall–Kier alpha value is -0.760. The van der Waals surface area contributed by atoms with E-state index in [-0.39, 0.29) is 5.91 Å². The fourth-order valence-corrected chi connectivity index (χ4v) is 3.79. The van der Waals surface area contributed by atoms with Gasteiger partial charge in [-0.05, 0) is 30.9 Å². The molecule has 0 fully saturated rings. The lowest BCUT2D eigenvalue weighted by Gasteiger charge is -2.07. The maximum absolute atomic E-state index is 11.9. The Bertz CT molecular complexity index is 618. The van der Waals surface area contributed by atoms with Crippen LogP contribution in [-0.2, 0) is 4.79 Å². The largest absolute Gasteiger partial charge is 0.325 e. The van der Waals surface area contributed by atoms with E-state index in [0.717, 1.165) is 19.9 Å². The Labute approximate surface area is 134 Å². The number of halogens is 1. The Morgan fingerprint density at radius 1 is 1.40 bits per heavy atom. The molecule has 0 aliphatic heterocycles. The molecule has 20 heavy (non-hydrogen) atoms. The fraction of sp³-hybridized carbons (Fsp3) is 0.250. The molecule has 0 saturated carbocycles. The molecule has 0 aliphatic carbocycles. The molecule has 1 aromatic carbocycles. The molecule has 2 rings (SSSR count). The smallest absolute Gasteiger partial charge is 0.234 e. The van der Waals surface area contributed by atoms with E-state index in [1.807, 2.05) is 19.2 Å². The zero-order valence-electron chi connectivity index (χ0n) is 10.8. The van der Waals surface area contributed by atoms with Crippen molar-refractivity contribution in [3.63, 3.8) is 0 Å². The minimum absolute atomic E-state index is 0.0822. The summed E-state index contributed by atoms with van der Waals surface area (Å²) in [6.07, 6.45) is 1.95. The number of carbonyl (C=O) groups is 1. The quantitative estimate of drug-likeness (QED) is 0.831. The van der Waals surface area contributed by atoms with Crippen LogP contribution in [0.2, 0.25) is 5.02 Å². The highest BCUT2D eigenvalue weighted by molar-refractivity contribution is 8.03. The van der Waals surface area contributed by atoms with Crippen LogP contribution in [0.25, 0.3) is 0 Å². The zero-order valence-corrected chi connectivity index (χ0v) is 14.0. The lowest BCUT2D eigenvalue weighted by atomic mass is 10.2. The lowest BCUT2D eigenvalue weighted by molar-refractivity contribution is -0.113. The summed E-state index contributed by atoms with van der Waals surface area (Å²) >= 11 is 10.3. The summed E-state index contributed by atoms with van der Waals surface area (Å²) in [4.78, 5) is 11.9. The van der Waals surface area contributed by atoms with Crippen molar-refractivity contribution in [1.29, 1.82) is 0 Å². The molecule has 106 valence electrons. The highest BCUT2D eigenvalue weighted by Crippen LogP contribution is 2.27. The molecular formula is C12H12ClN3OS3. The van der Waals surface area contributed by atoms with Gasteiger partial charge in [0.25, 0.3) is 0 Å². The van der Waals surface area contributed by atoms with Crippen molar-refractivity contribution in [3.05, 3.63) is 28.8 Å². The van der Waals surface area contributed by atoms with E-state index in [0.29, 0.717) is 10.8 Å². The SMILES string of the molecule is CSc1nnc(SCC(=O)Nc2cc(Cl)ccc2C)s1. The number of aryl methyl sites for hydroxylation is 1. The van der Waals surface area contributed by atoms with Gasteiger partial charge in [0.2, 0.25) is 5.91 Å². The number of benzene rings is 1. The number of carbonyl (C=O) groups excluding carboxylic acids is 1. The molecule has 0 aliphatic rings. The summed E-state index contributed by atoms with van der Waals surface area (Å²) in [6.45, 7) is 1.93. The summed E-state index contributed by atoms with van der Waals surface area (Å²) in [5, 5.41) is 11.4. The van der Waals surface area contributed by atoms with E-state index in [1.54, 1.807) is 23.9 Å². The fourth-order valence-electron chi connectivity index (χ4n) is 1.38. The summed E-state index contributed by atoms with van der Waals surface area (Å²) < 4.78 is 1.70. The maximum atomic E-state index is 11.9. The molecule has 0 atom stereocenters. The van der Waals surface area contributed by atoms with Gasteiger partial charge in [0.15, 0.2) is 8.68 Å². The molecule has 1 amide bonds. The molecule has 1 N–H and O–H groups in total. The topological polar surface area (TPSA) is 54.9 Å². The minimum Gasteiger partial charge on any atom is -0.325 e. The Balaban J connectivity index is 1.90. The lowest BCUT2D eigenvalue weighted by Crippen LogP contribution is -2.14. The first-order valence-corrected chi connectivity index (χ1v) is 9.05. The minimum atomic E-state index is -0.0822. The Morgan fingerprint density at radius 2 is 2.15 bits per heavy atom. The van der Waals surface area contributed by atoms with Crippen molar-refractivity contribution in [3.8, 4) is 0 Å². The van der Waals surface area contributed by atoms with E-state index in [2.05, 4.69) is 15.5 Å². The van der Waals surface area contributed by atoms with Crippen molar-refractivity contribution in [2.24, 2.45) is 0 Å². The third-order valence-corrected chi connectivity index (χ3v) is 5.63. The highest BCUT2D eigenvalue weighted by atomic mass is 35.5. The number of amides is 1. The summed E-state index contributed by atoms with van der Waals surface area (Å²) in [6, 6.07) is 5.42. The standard InChI is InChI=1S/C12H12ClN3OS3/c1-7-3-4-8(13)5-9(7)14-10(17)6-19-12-16-15-11(18-2)20-12/h3-5H,6H2,1-2H3,(H,14,17). The molecule has 0 bridgehead atoms. The average Bonchev–Trinajstić information content (AvgIpc) is 2.89. The molecule has 0 saturated heterocycles. The molecule has 1 heterocycles. The molecule has 4 nitrogen and oxygen atoms in total. The van der Waals surface area contributed by atoms with Gasteiger partial charge in [-0.15, -0.1) is 10.2 Å². The predicted molar refractivity (Wildman–Crippen MR) is 87.2 cm³/mol. The van der Waals surface area contributed by atoms with E-state index >= 15 is 0 Å². The first-order chi connectivity index (χ1) is 9.58. The van der Waals surface area contributed by atoms with Gasteiger partial charge in [0.1, 0.15) is 0 Å². The van der Waals surface area contributed by atoms with Gasteiger partial charge < -0.3 is 5.32 Å². The second-order valence-electron chi connectivity index (χ2n) is 3.83. The monoisotopic (exact) mass is 345 g/mol. The van der Waals surface area contributed by atoms with Crippen LogP contribution >= 0.6 is 46.5 Å². The van der Waals surface area contributed by atoms with Crippen LogP contribution in [0.15, 0.2) is 26.9 Å². The number of aromatic nitrogens is 2. The molecular weight excluding hydrogens is 334 g/mol. The second kappa shape index (κ2) is 7.31. The predicted octanol–water partition coefficient (Wildman–Crippen LogP) is 3.95. The summed E-state index contributed by atoms with van der Waals surface area (Å²) in [5.41, 5.74) is 1.72. The number of nitrogens with one attached hydrogen (secondary N) is 1. The van der Waals surface area contributed by atoms with Crippen LogP contribution in [0.4, 0.5) is 5.69 Å². The van der Waals surface area contributed by atoms with Crippen LogP contribution in [0.5, 0.6) is 0 Å². The van der Waals surface area contributed by atoms with Crippen LogP contribution in [0, 0.1) is 6.92 Å². The van der Waals surface area contributed by atoms with Gasteiger partial charge >= 0.3 is 0 Å². The van der Waals surface area contributed by atoms with Gasteiger partial charge in [0.05, 0.1) is 5.75 Å². The second-order valence-corrected chi connectivity index (χ2v) is 7.52. The third kappa shape index (κ3) is 4.37. The van der Waals surface area contributed by atoms with Gasteiger partial charge in [-0.25, -0.2) is 0 Å². The Morgan fingerprint density at radius 3 is 2.85 bits per heavy atom. The van der Waals surface area contributed by atoms with E-state index < -0.39 is 0 Å².